The van der Waals surface area contributed by atoms with E-state index in [0.29, 0.717) is 18.8 Å². The van der Waals surface area contributed by atoms with Crippen molar-refractivity contribution in [3.63, 3.8) is 0 Å². The Kier molecular flexibility index (Phi) is 3.87. The molecule has 0 saturated heterocycles. The SMILES string of the molecule is N#Cc1ccc(Cl)cc1S(=O)(=O)N[C@H]1CCCn2ncnc21. The Morgan fingerprint density at radius 3 is 3.05 bits per heavy atom. The van der Waals surface area contributed by atoms with Crippen molar-refractivity contribution in [3.05, 3.63) is 40.9 Å². The van der Waals surface area contributed by atoms with E-state index in [1.54, 1.807) is 4.68 Å². The summed E-state index contributed by atoms with van der Waals surface area (Å²) >= 11 is 5.86. The van der Waals surface area contributed by atoms with Crippen LogP contribution in [0.15, 0.2) is 29.4 Å². The first-order valence-corrected chi connectivity index (χ1v) is 8.47. The van der Waals surface area contributed by atoms with Crippen molar-refractivity contribution in [2.24, 2.45) is 0 Å². The quantitative estimate of drug-likeness (QED) is 0.917. The van der Waals surface area contributed by atoms with Gasteiger partial charge in [-0.1, -0.05) is 11.6 Å². The molecule has 0 aliphatic carbocycles. The molecule has 2 aromatic rings. The topological polar surface area (TPSA) is 101 Å². The van der Waals surface area contributed by atoms with Crippen molar-refractivity contribution in [2.45, 2.75) is 30.3 Å². The number of hydrogen-bond donors (Lipinski definition) is 1. The lowest BCUT2D eigenvalue weighted by atomic mass is 10.1. The van der Waals surface area contributed by atoms with Crippen molar-refractivity contribution < 1.29 is 8.42 Å². The van der Waals surface area contributed by atoms with Crippen molar-refractivity contribution >= 4 is 21.6 Å². The number of halogens is 1. The predicted octanol–water partition coefficient (Wildman–Crippen LogP) is 1.62. The van der Waals surface area contributed by atoms with Crippen molar-refractivity contribution in [3.8, 4) is 6.07 Å². The van der Waals surface area contributed by atoms with Crippen molar-refractivity contribution in [1.82, 2.24) is 19.5 Å². The number of nitriles is 1. The summed E-state index contributed by atoms with van der Waals surface area (Å²) in [4.78, 5) is 3.98. The summed E-state index contributed by atoms with van der Waals surface area (Å²) in [6.45, 7) is 0.716. The maximum Gasteiger partial charge on any atom is 0.242 e. The normalized spacial score (nSPS) is 17.7. The molecule has 0 spiro atoms. The fraction of sp³-hybridized carbons (Fsp3) is 0.308. The molecule has 1 aromatic heterocycles. The first-order valence-electron chi connectivity index (χ1n) is 6.61. The van der Waals surface area contributed by atoms with E-state index in [4.69, 9.17) is 16.9 Å². The van der Waals surface area contributed by atoms with Crippen LogP contribution >= 0.6 is 11.6 Å². The molecule has 9 heteroatoms. The van der Waals surface area contributed by atoms with Crippen LogP contribution in [0.2, 0.25) is 5.02 Å². The first kappa shape index (κ1) is 15.0. The minimum atomic E-state index is -3.88. The molecule has 3 rings (SSSR count). The molecule has 1 aromatic carbocycles. The van der Waals surface area contributed by atoms with Crippen LogP contribution in [0.3, 0.4) is 0 Å². The molecule has 0 radical (unpaired) electrons. The van der Waals surface area contributed by atoms with Gasteiger partial charge in [-0.05, 0) is 31.0 Å². The number of aryl methyl sites for hydroxylation is 1. The van der Waals surface area contributed by atoms with Crippen molar-refractivity contribution in [1.29, 1.82) is 5.26 Å². The van der Waals surface area contributed by atoms with Crippen LogP contribution in [0.5, 0.6) is 0 Å². The molecule has 2 heterocycles. The molecule has 0 amide bonds. The van der Waals surface area contributed by atoms with Gasteiger partial charge in [0.15, 0.2) is 0 Å². The number of sulfonamides is 1. The summed E-state index contributed by atoms with van der Waals surface area (Å²) in [6.07, 6.45) is 2.83. The summed E-state index contributed by atoms with van der Waals surface area (Å²) in [5.74, 6) is 0.579. The molecule has 0 bridgehead atoms. The van der Waals surface area contributed by atoms with Gasteiger partial charge in [-0.3, -0.25) is 0 Å². The average molecular weight is 338 g/mol. The molecular formula is C13H12ClN5O2S. The molecule has 22 heavy (non-hydrogen) atoms. The van der Waals surface area contributed by atoms with Crippen LogP contribution in [-0.4, -0.2) is 23.2 Å². The van der Waals surface area contributed by atoms with Gasteiger partial charge in [0, 0.05) is 11.6 Å². The van der Waals surface area contributed by atoms with E-state index in [9.17, 15) is 8.42 Å². The molecule has 1 atom stereocenters. The molecule has 0 unspecified atom stereocenters. The Balaban J connectivity index is 1.97. The highest BCUT2D eigenvalue weighted by Crippen LogP contribution is 2.26. The van der Waals surface area contributed by atoms with Crippen LogP contribution in [0.4, 0.5) is 0 Å². The van der Waals surface area contributed by atoms with Gasteiger partial charge >= 0.3 is 0 Å². The predicted molar refractivity (Wildman–Crippen MR) is 78.5 cm³/mol. The number of benzene rings is 1. The third kappa shape index (κ3) is 2.70. The van der Waals surface area contributed by atoms with Gasteiger partial charge in [0.1, 0.15) is 23.1 Å². The molecule has 0 saturated carbocycles. The maximum atomic E-state index is 12.6. The molecule has 114 valence electrons. The lowest BCUT2D eigenvalue weighted by molar-refractivity contribution is 0.400. The first-order chi connectivity index (χ1) is 10.5. The highest BCUT2D eigenvalue weighted by molar-refractivity contribution is 7.89. The number of hydrogen-bond acceptors (Lipinski definition) is 5. The number of fused-ring (bicyclic) bond motifs is 1. The third-order valence-electron chi connectivity index (χ3n) is 3.47. The van der Waals surface area contributed by atoms with Gasteiger partial charge < -0.3 is 0 Å². The van der Waals surface area contributed by atoms with Crippen LogP contribution in [0, 0.1) is 11.3 Å². The third-order valence-corrected chi connectivity index (χ3v) is 5.22. The highest BCUT2D eigenvalue weighted by atomic mass is 35.5. The Hall–Kier alpha value is -1.95. The van der Waals surface area contributed by atoms with Crippen LogP contribution in [0.25, 0.3) is 0 Å². The smallest absolute Gasteiger partial charge is 0.242 e. The van der Waals surface area contributed by atoms with Gasteiger partial charge in [-0.25, -0.2) is 22.8 Å². The average Bonchev–Trinajstić information content (AvgIpc) is 2.96. The summed E-state index contributed by atoms with van der Waals surface area (Å²) < 4.78 is 29.4. The zero-order valence-corrected chi connectivity index (χ0v) is 13.0. The Bertz CT molecular complexity index is 856. The molecule has 1 aliphatic rings. The molecular weight excluding hydrogens is 326 g/mol. The minimum absolute atomic E-state index is 0.0502. The van der Waals surface area contributed by atoms with E-state index < -0.39 is 16.1 Å². The zero-order chi connectivity index (χ0) is 15.7. The van der Waals surface area contributed by atoms with E-state index in [0.717, 1.165) is 6.42 Å². The van der Waals surface area contributed by atoms with E-state index in [1.807, 2.05) is 6.07 Å². The number of nitrogens with zero attached hydrogens (tertiary/aromatic N) is 4. The second-order valence-electron chi connectivity index (χ2n) is 4.91. The summed E-state index contributed by atoms with van der Waals surface area (Å²) in [5.41, 5.74) is 0.0502. The largest absolute Gasteiger partial charge is 0.248 e. The van der Waals surface area contributed by atoms with E-state index in [2.05, 4.69) is 14.8 Å². The second-order valence-corrected chi connectivity index (χ2v) is 7.03. The molecule has 0 fully saturated rings. The van der Waals surface area contributed by atoms with Gasteiger partial charge in [-0.15, -0.1) is 0 Å². The lowest BCUT2D eigenvalue weighted by Crippen LogP contribution is -2.33. The van der Waals surface area contributed by atoms with Crippen LogP contribution in [-0.2, 0) is 16.6 Å². The zero-order valence-electron chi connectivity index (χ0n) is 11.4. The number of aromatic nitrogens is 3. The summed E-state index contributed by atoms with van der Waals surface area (Å²) in [6, 6.07) is 5.55. The van der Waals surface area contributed by atoms with Gasteiger partial charge in [0.05, 0.1) is 11.6 Å². The number of rotatable bonds is 3. The molecule has 1 N–H and O–H groups in total. The monoisotopic (exact) mass is 337 g/mol. The van der Waals surface area contributed by atoms with Crippen molar-refractivity contribution in [2.75, 3.05) is 0 Å². The van der Waals surface area contributed by atoms with Gasteiger partial charge in [0.25, 0.3) is 0 Å². The lowest BCUT2D eigenvalue weighted by Gasteiger charge is -2.23. The fourth-order valence-electron chi connectivity index (χ4n) is 2.46. The van der Waals surface area contributed by atoms with Crippen LogP contribution < -0.4 is 4.72 Å². The Labute approximate surface area is 132 Å². The van der Waals surface area contributed by atoms with E-state index >= 15 is 0 Å². The van der Waals surface area contributed by atoms with Gasteiger partial charge in [-0.2, -0.15) is 10.4 Å². The van der Waals surface area contributed by atoms with E-state index in [-0.39, 0.29) is 15.5 Å². The molecule has 7 nitrogen and oxygen atoms in total. The fourth-order valence-corrected chi connectivity index (χ4v) is 4.11. The van der Waals surface area contributed by atoms with Crippen LogP contribution in [0.1, 0.15) is 30.3 Å². The summed E-state index contributed by atoms with van der Waals surface area (Å²) in [5, 5.41) is 13.4. The highest BCUT2D eigenvalue weighted by Gasteiger charge is 2.29. The standard InChI is InChI=1S/C13H12ClN5O2S/c14-10-4-3-9(7-15)12(6-10)22(20,21)18-11-2-1-5-19-13(11)16-8-17-19/h3-4,6,8,11,18H,1-2,5H2/t11-/m0/s1. The second kappa shape index (κ2) is 5.68. The Morgan fingerprint density at radius 1 is 1.45 bits per heavy atom. The minimum Gasteiger partial charge on any atom is -0.248 e. The van der Waals surface area contributed by atoms with E-state index in [1.165, 1.54) is 24.5 Å². The van der Waals surface area contributed by atoms with Gasteiger partial charge in [0.2, 0.25) is 10.0 Å². The molecule has 1 aliphatic heterocycles. The summed E-state index contributed by atoms with van der Waals surface area (Å²) in [7, 11) is -3.88. The maximum absolute atomic E-state index is 12.6. The Morgan fingerprint density at radius 2 is 2.27 bits per heavy atom. The number of nitrogens with one attached hydrogen (secondary N) is 1.